The molecule has 0 aromatic carbocycles. The number of rotatable bonds is 3. The largest absolute Gasteiger partial charge is 0.396 e. The van der Waals surface area contributed by atoms with Crippen LogP contribution in [0, 0.1) is 16.7 Å². The van der Waals surface area contributed by atoms with E-state index in [4.69, 9.17) is 0 Å². The fraction of sp³-hybridized carbons (Fsp3) is 1.00. The van der Waals surface area contributed by atoms with Gasteiger partial charge in [-0.2, -0.15) is 0 Å². The highest BCUT2D eigenvalue weighted by Crippen LogP contribution is 2.33. The summed E-state index contributed by atoms with van der Waals surface area (Å²) < 4.78 is 0. The molecule has 0 aromatic rings. The maximum absolute atomic E-state index is 9.26. The van der Waals surface area contributed by atoms with Gasteiger partial charge in [0, 0.05) is 6.61 Å². The third-order valence-corrected chi connectivity index (χ3v) is 2.69. The van der Waals surface area contributed by atoms with Crippen LogP contribution in [0.15, 0.2) is 0 Å². The Labute approximate surface area is 83.5 Å². The second-order valence-corrected chi connectivity index (χ2v) is 6.34. The quantitative estimate of drug-likeness (QED) is 0.715. The fourth-order valence-corrected chi connectivity index (χ4v) is 1.41. The Hall–Kier alpha value is -0.0400. The molecule has 0 heterocycles. The molecule has 1 atom stereocenters. The Balaban J connectivity index is 4.02. The Bertz CT molecular complexity index is 136. The van der Waals surface area contributed by atoms with E-state index in [1.165, 1.54) is 6.42 Å². The molecular formula is C12H26O. The Morgan fingerprint density at radius 3 is 1.69 bits per heavy atom. The van der Waals surface area contributed by atoms with Crippen molar-refractivity contribution < 1.29 is 5.11 Å². The first-order chi connectivity index (χ1) is 5.67. The van der Waals surface area contributed by atoms with Crippen molar-refractivity contribution in [2.45, 2.75) is 54.4 Å². The maximum Gasteiger partial charge on any atom is 0.0464 e. The first kappa shape index (κ1) is 13.0. The molecular weight excluding hydrogens is 160 g/mol. The van der Waals surface area contributed by atoms with Gasteiger partial charge >= 0.3 is 0 Å². The molecule has 1 nitrogen and oxygen atoms in total. The van der Waals surface area contributed by atoms with Crippen LogP contribution in [0.2, 0.25) is 0 Å². The molecule has 0 aliphatic heterocycles. The summed E-state index contributed by atoms with van der Waals surface area (Å²) in [5, 5.41) is 9.26. The van der Waals surface area contributed by atoms with Gasteiger partial charge in [-0.05, 0) is 29.6 Å². The molecule has 1 N–H and O–H groups in total. The zero-order valence-corrected chi connectivity index (χ0v) is 10.1. The highest BCUT2D eigenvalue weighted by atomic mass is 16.3. The molecule has 80 valence electrons. The minimum atomic E-state index is 0.236. The van der Waals surface area contributed by atoms with Gasteiger partial charge in [-0.15, -0.1) is 0 Å². The van der Waals surface area contributed by atoms with Gasteiger partial charge in [-0.1, -0.05) is 41.5 Å². The molecule has 0 saturated heterocycles. The Morgan fingerprint density at radius 1 is 1.00 bits per heavy atom. The summed E-state index contributed by atoms with van der Waals surface area (Å²) in [6.07, 6.45) is 2.32. The van der Waals surface area contributed by atoms with Gasteiger partial charge in [0.2, 0.25) is 0 Å². The molecule has 0 radical (unpaired) electrons. The first-order valence-corrected chi connectivity index (χ1v) is 5.27. The normalized spacial score (nSPS) is 15.9. The Kier molecular flexibility index (Phi) is 4.44. The van der Waals surface area contributed by atoms with Crippen molar-refractivity contribution in [2.75, 3.05) is 6.61 Å². The van der Waals surface area contributed by atoms with E-state index < -0.39 is 0 Å². The predicted octanol–water partition coefficient (Wildman–Crippen LogP) is 3.47. The predicted molar refractivity (Wildman–Crippen MR) is 58.7 cm³/mol. The number of aliphatic hydroxyl groups excluding tert-OH is 1. The second kappa shape index (κ2) is 4.45. The van der Waals surface area contributed by atoms with E-state index in [2.05, 4.69) is 41.5 Å². The van der Waals surface area contributed by atoms with Crippen molar-refractivity contribution in [3.63, 3.8) is 0 Å². The number of aliphatic hydroxyl groups is 1. The zero-order valence-electron chi connectivity index (χ0n) is 10.1. The van der Waals surface area contributed by atoms with E-state index in [0.717, 1.165) is 6.42 Å². The summed E-state index contributed by atoms with van der Waals surface area (Å²) in [4.78, 5) is 0. The molecule has 0 spiro atoms. The molecule has 0 fully saturated rings. The maximum atomic E-state index is 9.26. The highest BCUT2D eigenvalue weighted by molar-refractivity contribution is 4.75. The van der Waals surface area contributed by atoms with E-state index >= 15 is 0 Å². The van der Waals surface area contributed by atoms with Crippen molar-refractivity contribution in [3.8, 4) is 0 Å². The van der Waals surface area contributed by atoms with Gasteiger partial charge in [0.15, 0.2) is 0 Å². The van der Waals surface area contributed by atoms with Crippen LogP contribution in [-0.2, 0) is 0 Å². The van der Waals surface area contributed by atoms with Crippen molar-refractivity contribution in [1.29, 1.82) is 0 Å². The van der Waals surface area contributed by atoms with Gasteiger partial charge in [-0.25, -0.2) is 0 Å². The van der Waals surface area contributed by atoms with Crippen molar-refractivity contribution in [2.24, 2.45) is 16.7 Å². The van der Waals surface area contributed by atoms with Gasteiger partial charge in [0.25, 0.3) is 0 Å². The standard InChI is InChI=1S/C12H26O/c1-11(2,3)8-7-10(9-13)12(4,5)6/h10,13H,7-9H2,1-6H3. The summed E-state index contributed by atoms with van der Waals surface area (Å²) in [6.45, 7) is 13.7. The average molecular weight is 186 g/mol. The van der Waals surface area contributed by atoms with Crippen LogP contribution in [0.4, 0.5) is 0 Å². The van der Waals surface area contributed by atoms with Gasteiger partial charge in [0.1, 0.15) is 0 Å². The monoisotopic (exact) mass is 186 g/mol. The van der Waals surface area contributed by atoms with Crippen LogP contribution >= 0.6 is 0 Å². The summed E-state index contributed by atoms with van der Waals surface area (Å²) in [5.41, 5.74) is 0.624. The van der Waals surface area contributed by atoms with Crippen LogP contribution < -0.4 is 0 Å². The molecule has 1 heteroatoms. The number of hydrogen-bond donors (Lipinski definition) is 1. The van der Waals surface area contributed by atoms with Gasteiger partial charge < -0.3 is 5.11 Å². The highest BCUT2D eigenvalue weighted by Gasteiger charge is 2.25. The minimum Gasteiger partial charge on any atom is -0.396 e. The lowest BCUT2D eigenvalue weighted by Crippen LogP contribution is -2.25. The van der Waals surface area contributed by atoms with Crippen LogP contribution in [0.5, 0.6) is 0 Å². The fourth-order valence-electron chi connectivity index (χ4n) is 1.41. The van der Waals surface area contributed by atoms with E-state index in [-0.39, 0.29) is 5.41 Å². The smallest absolute Gasteiger partial charge is 0.0464 e. The van der Waals surface area contributed by atoms with Crippen LogP contribution in [0.3, 0.4) is 0 Å². The topological polar surface area (TPSA) is 20.2 Å². The molecule has 0 aliphatic rings. The van der Waals surface area contributed by atoms with Crippen LogP contribution in [0.1, 0.15) is 54.4 Å². The first-order valence-electron chi connectivity index (χ1n) is 5.27. The average Bonchev–Trinajstić information content (AvgIpc) is 1.82. The molecule has 0 amide bonds. The summed E-state index contributed by atoms with van der Waals surface area (Å²) in [6, 6.07) is 0. The lowest BCUT2D eigenvalue weighted by molar-refractivity contribution is 0.111. The van der Waals surface area contributed by atoms with E-state index in [1.807, 2.05) is 0 Å². The Morgan fingerprint density at radius 2 is 1.46 bits per heavy atom. The third kappa shape index (κ3) is 6.09. The molecule has 0 aromatic heterocycles. The van der Waals surface area contributed by atoms with Crippen molar-refractivity contribution >= 4 is 0 Å². The molecule has 0 saturated carbocycles. The minimum absolute atomic E-state index is 0.236. The van der Waals surface area contributed by atoms with Gasteiger partial charge in [0.05, 0.1) is 0 Å². The van der Waals surface area contributed by atoms with E-state index in [9.17, 15) is 5.11 Å². The zero-order chi connectivity index (χ0) is 10.7. The summed E-state index contributed by atoms with van der Waals surface area (Å²) in [5.74, 6) is 0.437. The molecule has 13 heavy (non-hydrogen) atoms. The van der Waals surface area contributed by atoms with Crippen molar-refractivity contribution in [3.05, 3.63) is 0 Å². The van der Waals surface area contributed by atoms with Crippen LogP contribution in [0.25, 0.3) is 0 Å². The second-order valence-electron chi connectivity index (χ2n) is 6.34. The summed E-state index contributed by atoms with van der Waals surface area (Å²) in [7, 11) is 0. The lowest BCUT2D eigenvalue weighted by atomic mass is 9.75. The third-order valence-electron chi connectivity index (χ3n) is 2.69. The molecule has 0 aliphatic carbocycles. The van der Waals surface area contributed by atoms with E-state index in [1.54, 1.807) is 0 Å². The molecule has 0 rings (SSSR count). The lowest BCUT2D eigenvalue weighted by Gasteiger charge is -2.31. The van der Waals surface area contributed by atoms with Gasteiger partial charge in [-0.3, -0.25) is 0 Å². The molecule has 1 unspecified atom stereocenters. The molecule has 0 bridgehead atoms. The van der Waals surface area contributed by atoms with Crippen molar-refractivity contribution in [1.82, 2.24) is 0 Å². The number of hydrogen-bond acceptors (Lipinski definition) is 1. The summed E-state index contributed by atoms with van der Waals surface area (Å²) >= 11 is 0. The van der Waals surface area contributed by atoms with E-state index in [0.29, 0.717) is 17.9 Å². The SMILES string of the molecule is CC(C)(C)CCC(CO)C(C)(C)C. The van der Waals surface area contributed by atoms with Crippen LogP contribution in [-0.4, -0.2) is 11.7 Å².